The predicted octanol–water partition coefficient (Wildman–Crippen LogP) is 3.66. The number of hydrogen-bond acceptors (Lipinski definition) is 1. The molecule has 0 unspecified atom stereocenters. The van der Waals surface area contributed by atoms with Crippen molar-refractivity contribution in [1.82, 2.24) is 0 Å². The smallest absolute Gasteiger partial charge is 0.416 e. The van der Waals surface area contributed by atoms with Crippen molar-refractivity contribution in [3.05, 3.63) is 42.0 Å². The first-order chi connectivity index (χ1) is 6.89. The molecule has 1 aromatic carbocycles. The van der Waals surface area contributed by atoms with Gasteiger partial charge in [-0.1, -0.05) is 12.6 Å². The average Bonchev–Trinajstić information content (AvgIpc) is 2.14. The van der Waals surface area contributed by atoms with Crippen LogP contribution in [0.25, 0.3) is 0 Å². The van der Waals surface area contributed by atoms with Crippen LogP contribution in [0.3, 0.4) is 0 Å². The number of benzene rings is 1. The standard InChI is InChI=1S/C11H11F3O/c1-8(2)7-15-10-5-3-4-9(6-10)11(12,13)14/h3-6H,1,7H2,2H3. The van der Waals surface area contributed by atoms with E-state index in [2.05, 4.69) is 6.58 Å². The highest BCUT2D eigenvalue weighted by Crippen LogP contribution is 2.31. The van der Waals surface area contributed by atoms with Crippen LogP contribution in [0.2, 0.25) is 0 Å². The van der Waals surface area contributed by atoms with E-state index in [1.807, 2.05) is 0 Å². The molecule has 1 nitrogen and oxygen atoms in total. The summed E-state index contributed by atoms with van der Waals surface area (Å²) in [6.07, 6.45) is -4.33. The monoisotopic (exact) mass is 216 g/mol. The second kappa shape index (κ2) is 4.38. The van der Waals surface area contributed by atoms with E-state index in [9.17, 15) is 13.2 Å². The van der Waals surface area contributed by atoms with Gasteiger partial charge in [-0.25, -0.2) is 0 Å². The van der Waals surface area contributed by atoms with Gasteiger partial charge in [-0.05, 0) is 30.7 Å². The summed E-state index contributed by atoms with van der Waals surface area (Å²) in [4.78, 5) is 0. The molecule has 1 rings (SSSR count). The molecule has 0 N–H and O–H groups in total. The van der Waals surface area contributed by atoms with E-state index in [4.69, 9.17) is 4.74 Å². The van der Waals surface area contributed by atoms with Crippen LogP contribution in [0, 0.1) is 0 Å². The fourth-order valence-electron chi connectivity index (χ4n) is 0.969. The largest absolute Gasteiger partial charge is 0.489 e. The summed E-state index contributed by atoms with van der Waals surface area (Å²) in [7, 11) is 0. The number of hydrogen-bond donors (Lipinski definition) is 0. The molecule has 0 heterocycles. The topological polar surface area (TPSA) is 9.23 Å². The van der Waals surface area contributed by atoms with Gasteiger partial charge in [-0.15, -0.1) is 0 Å². The maximum Gasteiger partial charge on any atom is 0.416 e. The van der Waals surface area contributed by atoms with Crippen molar-refractivity contribution in [2.75, 3.05) is 6.61 Å². The minimum absolute atomic E-state index is 0.202. The van der Waals surface area contributed by atoms with Crippen LogP contribution < -0.4 is 4.74 Å². The third kappa shape index (κ3) is 3.65. The second-order valence-electron chi connectivity index (χ2n) is 3.27. The number of rotatable bonds is 3. The van der Waals surface area contributed by atoms with Crippen molar-refractivity contribution in [2.24, 2.45) is 0 Å². The first kappa shape index (κ1) is 11.6. The lowest BCUT2D eigenvalue weighted by Crippen LogP contribution is -2.05. The van der Waals surface area contributed by atoms with Crippen LogP contribution in [-0.4, -0.2) is 6.61 Å². The van der Waals surface area contributed by atoms with Crippen LogP contribution >= 0.6 is 0 Å². The molecule has 0 saturated carbocycles. The van der Waals surface area contributed by atoms with Crippen molar-refractivity contribution in [2.45, 2.75) is 13.1 Å². The van der Waals surface area contributed by atoms with Gasteiger partial charge >= 0.3 is 6.18 Å². The Morgan fingerprint density at radius 3 is 2.60 bits per heavy atom. The lowest BCUT2D eigenvalue weighted by atomic mass is 10.2. The summed E-state index contributed by atoms with van der Waals surface area (Å²) in [6.45, 7) is 5.56. The fourth-order valence-corrected chi connectivity index (χ4v) is 0.969. The Morgan fingerprint density at radius 1 is 1.40 bits per heavy atom. The first-order valence-electron chi connectivity index (χ1n) is 4.34. The number of halogens is 3. The van der Waals surface area contributed by atoms with E-state index in [0.29, 0.717) is 0 Å². The van der Waals surface area contributed by atoms with E-state index in [-0.39, 0.29) is 12.4 Å². The zero-order valence-electron chi connectivity index (χ0n) is 8.27. The molecular formula is C11H11F3O. The Kier molecular flexibility index (Phi) is 3.39. The fraction of sp³-hybridized carbons (Fsp3) is 0.273. The molecule has 15 heavy (non-hydrogen) atoms. The maximum atomic E-state index is 12.3. The van der Waals surface area contributed by atoms with E-state index >= 15 is 0 Å². The van der Waals surface area contributed by atoms with Gasteiger partial charge in [0.05, 0.1) is 5.56 Å². The summed E-state index contributed by atoms with van der Waals surface area (Å²) in [5, 5.41) is 0. The lowest BCUT2D eigenvalue weighted by Gasteiger charge is -2.09. The summed E-state index contributed by atoms with van der Waals surface area (Å²) in [6, 6.07) is 4.78. The molecule has 0 bridgehead atoms. The van der Waals surface area contributed by atoms with Gasteiger partial charge in [-0.2, -0.15) is 13.2 Å². The van der Waals surface area contributed by atoms with E-state index in [1.165, 1.54) is 12.1 Å². The van der Waals surface area contributed by atoms with Gasteiger partial charge in [0.2, 0.25) is 0 Å². The van der Waals surface area contributed by atoms with E-state index in [1.54, 1.807) is 6.92 Å². The molecule has 1 aromatic rings. The van der Waals surface area contributed by atoms with Gasteiger partial charge in [0.1, 0.15) is 12.4 Å². The van der Waals surface area contributed by atoms with E-state index in [0.717, 1.165) is 17.7 Å². The van der Waals surface area contributed by atoms with Gasteiger partial charge in [0.25, 0.3) is 0 Å². The summed E-state index contributed by atoms with van der Waals surface area (Å²) in [5.41, 5.74) is 0.0501. The Balaban J connectivity index is 2.79. The molecule has 0 radical (unpaired) electrons. The van der Waals surface area contributed by atoms with Crippen LogP contribution in [0.15, 0.2) is 36.4 Å². The summed E-state index contributed by atoms with van der Waals surface area (Å²) in [5.74, 6) is 0.202. The highest BCUT2D eigenvalue weighted by molar-refractivity contribution is 5.30. The number of alkyl halides is 3. The molecule has 0 amide bonds. The van der Waals surface area contributed by atoms with Gasteiger partial charge < -0.3 is 4.74 Å². The molecule has 0 saturated heterocycles. The predicted molar refractivity (Wildman–Crippen MR) is 51.8 cm³/mol. The minimum Gasteiger partial charge on any atom is -0.489 e. The Morgan fingerprint density at radius 2 is 2.07 bits per heavy atom. The van der Waals surface area contributed by atoms with Crippen LogP contribution in [0.5, 0.6) is 5.75 Å². The maximum absolute atomic E-state index is 12.3. The SMILES string of the molecule is C=C(C)COc1cccc(C(F)(F)F)c1. The minimum atomic E-state index is -4.33. The molecule has 0 spiro atoms. The van der Waals surface area contributed by atoms with Crippen molar-refractivity contribution >= 4 is 0 Å². The molecule has 0 aliphatic heterocycles. The van der Waals surface area contributed by atoms with Crippen molar-refractivity contribution in [3.63, 3.8) is 0 Å². The third-order valence-electron chi connectivity index (χ3n) is 1.65. The van der Waals surface area contributed by atoms with Crippen molar-refractivity contribution in [3.8, 4) is 5.75 Å². The van der Waals surface area contributed by atoms with E-state index < -0.39 is 11.7 Å². The lowest BCUT2D eigenvalue weighted by molar-refractivity contribution is -0.137. The van der Waals surface area contributed by atoms with Crippen LogP contribution in [-0.2, 0) is 6.18 Å². The Hall–Kier alpha value is -1.45. The molecule has 0 aliphatic carbocycles. The second-order valence-corrected chi connectivity index (χ2v) is 3.27. The van der Waals surface area contributed by atoms with Gasteiger partial charge in [0.15, 0.2) is 0 Å². The summed E-state index contributed by atoms with van der Waals surface area (Å²) >= 11 is 0. The molecular weight excluding hydrogens is 205 g/mol. The average molecular weight is 216 g/mol. The normalized spacial score (nSPS) is 11.2. The van der Waals surface area contributed by atoms with Crippen LogP contribution in [0.1, 0.15) is 12.5 Å². The third-order valence-corrected chi connectivity index (χ3v) is 1.65. The molecule has 4 heteroatoms. The highest BCUT2D eigenvalue weighted by atomic mass is 19.4. The zero-order chi connectivity index (χ0) is 11.5. The zero-order valence-corrected chi connectivity index (χ0v) is 8.27. The van der Waals surface area contributed by atoms with Crippen LogP contribution in [0.4, 0.5) is 13.2 Å². The first-order valence-corrected chi connectivity index (χ1v) is 4.34. The summed E-state index contributed by atoms with van der Waals surface area (Å²) < 4.78 is 42.0. The van der Waals surface area contributed by atoms with Crippen molar-refractivity contribution < 1.29 is 17.9 Å². The van der Waals surface area contributed by atoms with Gasteiger partial charge in [0, 0.05) is 0 Å². The van der Waals surface area contributed by atoms with Crippen molar-refractivity contribution in [1.29, 1.82) is 0 Å². The molecule has 0 aromatic heterocycles. The van der Waals surface area contributed by atoms with Gasteiger partial charge in [-0.3, -0.25) is 0 Å². The Bertz CT molecular complexity index is 355. The molecule has 0 aliphatic rings. The Labute approximate surface area is 86.2 Å². The molecule has 0 atom stereocenters. The molecule has 0 fully saturated rings. The quantitative estimate of drug-likeness (QED) is 0.700. The highest BCUT2D eigenvalue weighted by Gasteiger charge is 2.30. The molecule has 82 valence electrons. The number of ether oxygens (including phenoxy) is 1.